The normalized spacial score (nSPS) is 18.5. The van der Waals surface area contributed by atoms with Crippen LogP contribution in [0.25, 0.3) is 0 Å². The summed E-state index contributed by atoms with van der Waals surface area (Å²) in [5.74, 6) is -0.00690. The number of likely N-dealkylation sites (N-methyl/N-ethyl adjacent to an activating group) is 2. The molecule has 1 aromatic rings. The molecule has 0 spiro atoms. The summed E-state index contributed by atoms with van der Waals surface area (Å²) in [4.78, 5) is 30.5. The molecule has 0 radical (unpaired) electrons. The van der Waals surface area contributed by atoms with Crippen molar-refractivity contribution in [2.45, 2.75) is 26.8 Å². The van der Waals surface area contributed by atoms with Gasteiger partial charge in [-0.3, -0.25) is 4.79 Å². The average molecular weight is 315 g/mol. The number of amides is 3. The van der Waals surface area contributed by atoms with Gasteiger partial charge in [0.05, 0.1) is 11.6 Å². The first kappa shape index (κ1) is 17.1. The van der Waals surface area contributed by atoms with Crippen LogP contribution >= 0.6 is 0 Å². The van der Waals surface area contributed by atoms with Crippen LogP contribution in [0.5, 0.6) is 0 Å². The Labute approximate surface area is 138 Å². The molecular weight excluding hydrogens is 290 g/mol. The quantitative estimate of drug-likeness (QED) is 0.857. The number of urea groups is 1. The number of nitrogens with zero attached hydrogens (tertiary/aromatic N) is 3. The largest absolute Gasteiger partial charge is 0.339 e. The second kappa shape index (κ2) is 6.86. The van der Waals surface area contributed by atoms with Crippen LogP contribution in [0.3, 0.4) is 0 Å². The lowest BCUT2D eigenvalue weighted by Gasteiger charge is -2.41. The summed E-state index contributed by atoms with van der Waals surface area (Å²) in [7, 11) is 3.46. The van der Waals surface area contributed by atoms with Gasteiger partial charge in [-0.1, -0.05) is 30.3 Å². The molecule has 0 fully saturated rings. The molecule has 0 N–H and O–H groups in total. The Hall–Kier alpha value is -2.30. The Morgan fingerprint density at radius 2 is 1.70 bits per heavy atom. The van der Waals surface area contributed by atoms with Crippen molar-refractivity contribution in [3.05, 3.63) is 47.2 Å². The van der Waals surface area contributed by atoms with E-state index in [4.69, 9.17) is 0 Å². The van der Waals surface area contributed by atoms with Crippen LogP contribution in [-0.2, 0) is 4.79 Å². The van der Waals surface area contributed by atoms with Gasteiger partial charge in [0.2, 0.25) is 0 Å². The fourth-order valence-electron chi connectivity index (χ4n) is 3.04. The minimum Gasteiger partial charge on any atom is -0.339 e. The first-order chi connectivity index (χ1) is 10.9. The number of carbonyl (C=O) groups is 2. The molecule has 2 rings (SSSR count). The second-order valence-electron chi connectivity index (χ2n) is 5.74. The highest BCUT2D eigenvalue weighted by Crippen LogP contribution is 2.36. The van der Waals surface area contributed by atoms with E-state index in [9.17, 15) is 9.59 Å². The van der Waals surface area contributed by atoms with Crippen molar-refractivity contribution in [1.82, 2.24) is 14.7 Å². The molecule has 0 aliphatic carbocycles. The monoisotopic (exact) mass is 315 g/mol. The zero-order valence-corrected chi connectivity index (χ0v) is 14.5. The third kappa shape index (κ3) is 2.96. The van der Waals surface area contributed by atoms with Gasteiger partial charge in [-0.2, -0.15) is 0 Å². The SMILES string of the molecule is CCN(CC)C(=O)C1=C(C)N(C)C(=O)N(C)C1c1ccccc1. The Bertz CT molecular complexity index is 620. The van der Waals surface area contributed by atoms with Crippen molar-refractivity contribution in [3.63, 3.8) is 0 Å². The highest BCUT2D eigenvalue weighted by molar-refractivity contribution is 5.98. The molecule has 0 aromatic heterocycles. The minimum absolute atomic E-state index is 0.00690. The van der Waals surface area contributed by atoms with Gasteiger partial charge in [-0.05, 0) is 26.3 Å². The zero-order chi connectivity index (χ0) is 17.1. The van der Waals surface area contributed by atoms with Crippen molar-refractivity contribution in [2.24, 2.45) is 0 Å². The molecule has 124 valence electrons. The van der Waals surface area contributed by atoms with Gasteiger partial charge >= 0.3 is 6.03 Å². The maximum atomic E-state index is 13.1. The molecule has 5 nitrogen and oxygen atoms in total. The Kier molecular flexibility index (Phi) is 5.08. The van der Waals surface area contributed by atoms with Crippen LogP contribution in [0.1, 0.15) is 32.4 Å². The van der Waals surface area contributed by atoms with E-state index in [1.165, 1.54) is 0 Å². The van der Waals surface area contributed by atoms with E-state index >= 15 is 0 Å². The van der Waals surface area contributed by atoms with E-state index in [1.807, 2.05) is 51.1 Å². The maximum absolute atomic E-state index is 13.1. The third-order valence-corrected chi connectivity index (χ3v) is 4.54. The fourth-order valence-corrected chi connectivity index (χ4v) is 3.04. The summed E-state index contributed by atoms with van der Waals surface area (Å²) < 4.78 is 0. The molecule has 1 aliphatic rings. The number of benzene rings is 1. The van der Waals surface area contributed by atoms with Gasteiger partial charge in [0, 0.05) is 32.9 Å². The van der Waals surface area contributed by atoms with Gasteiger partial charge in [0.15, 0.2) is 0 Å². The van der Waals surface area contributed by atoms with E-state index in [0.29, 0.717) is 18.7 Å². The highest BCUT2D eigenvalue weighted by atomic mass is 16.2. The van der Waals surface area contributed by atoms with E-state index in [-0.39, 0.29) is 18.0 Å². The summed E-state index contributed by atoms with van der Waals surface area (Å²) in [6, 6.07) is 9.26. The molecule has 3 amide bonds. The van der Waals surface area contributed by atoms with Gasteiger partial charge in [0.25, 0.3) is 5.91 Å². The Balaban J connectivity index is 2.60. The summed E-state index contributed by atoms with van der Waals surface area (Å²) in [5.41, 5.74) is 2.34. The summed E-state index contributed by atoms with van der Waals surface area (Å²) in [6.07, 6.45) is 0. The zero-order valence-electron chi connectivity index (χ0n) is 14.5. The van der Waals surface area contributed by atoms with Crippen LogP contribution in [0, 0.1) is 0 Å². The van der Waals surface area contributed by atoms with Crippen molar-refractivity contribution < 1.29 is 9.59 Å². The minimum atomic E-state index is -0.354. The molecule has 0 saturated heterocycles. The first-order valence-corrected chi connectivity index (χ1v) is 7.99. The van der Waals surface area contributed by atoms with Crippen molar-refractivity contribution in [2.75, 3.05) is 27.2 Å². The van der Waals surface area contributed by atoms with Crippen LogP contribution in [0.2, 0.25) is 0 Å². The highest BCUT2D eigenvalue weighted by Gasteiger charge is 2.39. The van der Waals surface area contributed by atoms with Crippen LogP contribution in [0.4, 0.5) is 4.79 Å². The van der Waals surface area contributed by atoms with Crippen molar-refractivity contribution >= 4 is 11.9 Å². The first-order valence-electron chi connectivity index (χ1n) is 7.99. The number of carbonyl (C=O) groups excluding carboxylic acids is 2. The molecule has 1 aliphatic heterocycles. The summed E-state index contributed by atoms with van der Waals surface area (Å²) in [6.45, 7) is 7.08. The molecule has 1 aromatic carbocycles. The maximum Gasteiger partial charge on any atom is 0.324 e. The Morgan fingerprint density at radius 3 is 2.22 bits per heavy atom. The molecule has 0 bridgehead atoms. The second-order valence-corrected chi connectivity index (χ2v) is 5.74. The van der Waals surface area contributed by atoms with Crippen molar-refractivity contribution in [1.29, 1.82) is 0 Å². The lowest BCUT2D eigenvalue weighted by atomic mass is 9.92. The molecule has 1 heterocycles. The van der Waals surface area contributed by atoms with Crippen LogP contribution < -0.4 is 0 Å². The summed E-state index contributed by atoms with van der Waals surface area (Å²) >= 11 is 0. The Morgan fingerprint density at radius 1 is 1.13 bits per heavy atom. The average Bonchev–Trinajstić information content (AvgIpc) is 2.57. The molecule has 23 heavy (non-hydrogen) atoms. The number of rotatable bonds is 4. The van der Waals surface area contributed by atoms with Crippen LogP contribution in [-0.4, -0.2) is 53.8 Å². The number of hydrogen-bond acceptors (Lipinski definition) is 2. The number of hydrogen-bond donors (Lipinski definition) is 0. The standard InChI is InChI=1S/C18H25N3O2/c1-6-21(7-2)17(22)15-13(3)19(4)18(23)20(5)16(15)14-11-9-8-10-12-14/h8-12,16H,6-7H2,1-5H3. The topological polar surface area (TPSA) is 43.9 Å². The molecule has 1 unspecified atom stereocenters. The number of allylic oxidation sites excluding steroid dienone is 1. The van der Waals surface area contributed by atoms with E-state index in [2.05, 4.69) is 0 Å². The van der Waals surface area contributed by atoms with E-state index < -0.39 is 0 Å². The molecular formula is C18H25N3O2. The van der Waals surface area contributed by atoms with Crippen LogP contribution in [0.15, 0.2) is 41.6 Å². The third-order valence-electron chi connectivity index (χ3n) is 4.54. The lowest BCUT2D eigenvalue weighted by molar-refractivity contribution is -0.127. The molecule has 5 heteroatoms. The smallest absolute Gasteiger partial charge is 0.324 e. The summed E-state index contributed by atoms with van der Waals surface area (Å²) in [5, 5.41) is 0. The van der Waals surface area contributed by atoms with E-state index in [0.717, 1.165) is 11.3 Å². The van der Waals surface area contributed by atoms with Gasteiger partial charge in [-0.15, -0.1) is 0 Å². The lowest BCUT2D eigenvalue weighted by Crippen LogP contribution is -2.49. The molecule has 1 atom stereocenters. The van der Waals surface area contributed by atoms with Crippen molar-refractivity contribution in [3.8, 4) is 0 Å². The van der Waals surface area contributed by atoms with Gasteiger partial charge in [-0.25, -0.2) is 4.79 Å². The predicted molar refractivity (Wildman–Crippen MR) is 90.7 cm³/mol. The predicted octanol–water partition coefficient (Wildman–Crippen LogP) is 2.87. The van der Waals surface area contributed by atoms with Gasteiger partial charge < -0.3 is 14.7 Å². The van der Waals surface area contributed by atoms with E-state index in [1.54, 1.807) is 28.8 Å². The van der Waals surface area contributed by atoms with Gasteiger partial charge in [0.1, 0.15) is 0 Å². The fraction of sp³-hybridized carbons (Fsp3) is 0.444. The molecule has 0 saturated carbocycles.